The Morgan fingerprint density at radius 2 is 1.93 bits per heavy atom. The third-order valence-corrected chi connectivity index (χ3v) is 7.64. The fourth-order valence-electron chi connectivity index (χ4n) is 5.04. The number of amides is 1. The first-order valence-corrected chi connectivity index (χ1v) is 13.9. The van der Waals surface area contributed by atoms with E-state index in [4.69, 9.17) is 26.4 Å². The number of rotatable bonds is 8. The molecule has 6 rings (SSSR count). The molecule has 1 aliphatic rings. The number of H-pyrrole nitrogens is 1. The molecule has 0 unspecified atom stereocenters. The van der Waals surface area contributed by atoms with Gasteiger partial charge in [0.15, 0.2) is 11.6 Å². The van der Waals surface area contributed by atoms with Gasteiger partial charge in [-0.05, 0) is 66.8 Å². The van der Waals surface area contributed by atoms with Crippen LogP contribution in [0.5, 0.6) is 5.75 Å². The van der Waals surface area contributed by atoms with Crippen molar-refractivity contribution in [2.24, 2.45) is 5.92 Å². The highest BCUT2D eigenvalue weighted by Crippen LogP contribution is 2.27. The number of carbonyl (C=O) groups excluding carboxylic acids is 1. The van der Waals surface area contributed by atoms with E-state index in [0.29, 0.717) is 40.4 Å². The van der Waals surface area contributed by atoms with Crippen LogP contribution in [0, 0.1) is 5.92 Å². The van der Waals surface area contributed by atoms with Gasteiger partial charge in [0.1, 0.15) is 17.3 Å². The molecule has 11 heteroatoms. The van der Waals surface area contributed by atoms with Crippen molar-refractivity contribution in [3.8, 4) is 17.3 Å². The molecule has 0 saturated carbocycles. The number of benzene rings is 2. The van der Waals surface area contributed by atoms with Gasteiger partial charge in [-0.25, -0.2) is 9.97 Å². The Morgan fingerprint density at radius 3 is 2.63 bits per heavy atom. The Hall–Kier alpha value is -4.41. The molecule has 4 heterocycles. The van der Waals surface area contributed by atoms with Crippen LogP contribution in [0.1, 0.15) is 28.8 Å². The van der Waals surface area contributed by atoms with E-state index in [-0.39, 0.29) is 12.5 Å². The maximum Gasteiger partial charge on any atom is 0.258 e. The lowest BCUT2D eigenvalue weighted by atomic mass is 9.98. The standard InChI is InChI=1S/C30H30ClN7O3/c1-41-23-6-2-19(3-7-23)17-38-26(29-33-24-8-5-22(31)14-25(24)34-29)15-27(36-38)35-30(40)21-4-9-28(32-16-21)37-12-10-20(18-39)11-13-37/h2-9,14-16,20,39H,10-13,17-18H2,1H3,(H,33,34)(H,35,36,40). The molecule has 210 valence electrons. The lowest BCUT2D eigenvalue weighted by Crippen LogP contribution is -2.35. The first-order valence-electron chi connectivity index (χ1n) is 13.5. The van der Waals surface area contributed by atoms with Crippen LogP contribution < -0.4 is 15.0 Å². The van der Waals surface area contributed by atoms with Gasteiger partial charge in [0.2, 0.25) is 0 Å². The molecule has 3 aromatic heterocycles. The number of hydrogen-bond acceptors (Lipinski definition) is 7. The van der Waals surface area contributed by atoms with Crippen molar-refractivity contribution in [1.29, 1.82) is 0 Å². The minimum Gasteiger partial charge on any atom is -0.497 e. The Balaban J connectivity index is 1.24. The highest BCUT2D eigenvalue weighted by Gasteiger charge is 2.21. The van der Waals surface area contributed by atoms with Crippen molar-refractivity contribution in [3.05, 3.63) is 83.0 Å². The maximum absolute atomic E-state index is 13.2. The zero-order chi connectivity index (χ0) is 28.3. The molecule has 1 amide bonds. The molecule has 1 aliphatic heterocycles. The number of carbonyl (C=O) groups is 1. The van der Waals surface area contributed by atoms with E-state index in [1.54, 1.807) is 36.2 Å². The van der Waals surface area contributed by atoms with E-state index in [0.717, 1.165) is 54.1 Å². The number of piperidine rings is 1. The highest BCUT2D eigenvalue weighted by molar-refractivity contribution is 6.31. The molecule has 0 radical (unpaired) electrons. The molecule has 0 spiro atoms. The van der Waals surface area contributed by atoms with Crippen molar-refractivity contribution in [2.45, 2.75) is 19.4 Å². The summed E-state index contributed by atoms with van der Waals surface area (Å²) in [5.41, 5.74) is 3.74. The van der Waals surface area contributed by atoms with Crippen LogP contribution in [0.25, 0.3) is 22.6 Å². The average Bonchev–Trinajstić information content (AvgIpc) is 3.60. The molecule has 0 aliphatic carbocycles. The first-order chi connectivity index (χ1) is 20.0. The number of aliphatic hydroxyl groups is 1. The van der Waals surface area contributed by atoms with Crippen molar-refractivity contribution in [3.63, 3.8) is 0 Å². The van der Waals surface area contributed by atoms with Gasteiger partial charge < -0.3 is 25.0 Å². The molecule has 0 atom stereocenters. The number of aromatic amines is 1. The number of anilines is 2. The van der Waals surface area contributed by atoms with Crippen LogP contribution >= 0.6 is 11.6 Å². The van der Waals surface area contributed by atoms with Gasteiger partial charge in [0.25, 0.3) is 5.91 Å². The van der Waals surface area contributed by atoms with Crippen LogP contribution in [0.4, 0.5) is 11.6 Å². The minimum atomic E-state index is -0.305. The second-order valence-electron chi connectivity index (χ2n) is 10.1. The summed E-state index contributed by atoms with van der Waals surface area (Å²) in [5.74, 6) is 2.65. The third kappa shape index (κ3) is 5.89. The summed E-state index contributed by atoms with van der Waals surface area (Å²) in [5, 5.41) is 17.6. The summed E-state index contributed by atoms with van der Waals surface area (Å²) in [6.07, 6.45) is 3.45. The molecule has 10 nitrogen and oxygen atoms in total. The van der Waals surface area contributed by atoms with E-state index in [1.165, 1.54) is 0 Å². The Morgan fingerprint density at radius 1 is 1.12 bits per heavy atom. The zero-order valence-corrected chi connectivity index (χ0v) is 23.3. The average molecular weight is 572 g/mol. The molecule has 0 bridgehead atoms. The fraction of sp³-hybridized carbons (Fsp3) is 0.267. The van der Waals surface area contributed by atoms with Crippen molar-refractivity contribution in [1.82, 2.24) is 24.7 Å². The van der Waals surface area contributed by atoms with Gasteiger partial charge in [-0.1, -0.05) is 23.7 Å². The number of ether oxygens (including phenoxy) is 1. The number of aliphatic hydroxyl groups excluding tert-OH is 1. The van der Waals surface area contributed by atoms with E-state index < -0.39 is 0 Å². The lowest BCUT2D eigenvalue weighted by molar-refractivity contribution is 0.102. The fourth-order valence-corrected chi connectivity index (χ4v) is 5.21. The topological polar surface area (TPSA) is 121 Å². The summed E-state index contributed by atoms with van der Waals surface area (Å²) in [6.45, 7) is 2.36. The summed E-state index contributed by atoms with van der Waals surface area (Å²) in [7, 11) is 1.63. The van der Waals surface area contributed by atoms with Gasteiger partial charge in [0, 0.05) is 37.0 Å². The molecular weight excluding hydrogens is 542 g/mol. The van der Waals surface area contributed by atoms with Gasteiger partial charge in [0.05, 0.1) is 30.3 Å². The molecular formula is C30H30ClN7O3. The predicted octanol–water partition coefficient (Wildman–Crippen LogP) is 4.99. The van der Waals surface area contributed by atoms with E-state index in [2.05, 4.69) is 20.2 Å². The van der Waals surface area contributed by atoms with Crippen molar-refractivity contribution >= 4 is 40.2 Å². The number of imidazole rings is 1. The zero-order valence-electron chi connectivity index (χ0n) is 22.5. The second kappa shape index (κ2) is 11.6. The smallest absolute Gasteiger partial charge is 0.258 e. The van der Waals surface area contributed by atoms with Crippen LogP contribution in [0.3, 0.4) is 0 Å². The highest BCUT2D eigenvalue weighted by atomic mass is 35.5. The molecule has 1 fully saturated rings. The van der Waals surface area contributed by atoms with Gasteiger partial charge in [-0.3, -0.25) is 9.48 Å². The molecule has 41 heavy (non-hydrogen) atoms. The van der Waals surface area contributed by atoms with Crippen LogP contribution in [0.15, 0.2) is 66.9 Å². The minimum absolute atomic E-state index is 0.225. The number of nitrogens with one attached hydrogen (secondary N) is 2. The number of fused-ring (bicyclic) bond motifs is 1. The second-order valence-corrected chi connectivity index (χ2v) is 10.6. The number of hydrogen-bond donors (Lipinski definition) is 3. The number of halogens is 1. The van der Waals surface area contributed by atoms with E-state index in [9.17, 15) is 9.90 Å². The van der Waals surface area contributed by atoms with Crippen LogP contribution in [-0.4, -0.2) is 62.6 Å². The third-order valence-electron chi connectivity index (χ3n) is 7.41. The summed E-state index contributed by atoms with van der Waals surface area (Å²) < 4.78 is 7.08. The SMILES string of the molecule is COc1ccc(Cn2nc(NC(=O)c3ccc(N4CCC(CO)CC4)nc3)cc2-c2nc3ccc(Cl)cc3[nH]2)cc1. The molecule has 2 aromatic carbocycles. The van der Waals surface area contributed by atoms with Gasteiger partial charge in [-0.15, -0.1) is 0 Å². The number of methoxy groups -OCH3 is 1. The number of pyridine rings is 1. The van der Waals surface area contributed by atoms with E-state index >= 15 is 0 Å². The summed E-state index contributed by atoms with van der Waals surface area (Å²) in [4.78, 5) is 27.9. The van der Waals surface area contributed by atoms with E-state index in [1.807, 2.05) is 42.5 Å². The predicted molar refractivity (Wildman–Crippen MR) is 159 cm³/mol. The Bertz CT molecular complexity index is 1660. The normalized spacial score (nSPS) is 14.0. The largest absolute Gasteiger partial charge is 0.497 e. The van der Waals surface area contributed by atoms with Crippen LogP contribution in [-0.2, 0) is 6.54 Å². The molecule has 1 saturated heterocycles. The van der Waals surface area contributed by atoms with Gasteiger partial charge >= 0.3 is 0 Å². The summed E-state index contributed by atoms with van der Waals surface area (Å²) >= 11 is 6.18. The quantitative estimate of drug-likeness (QED) is 0.240. The lowest BCUT2D eigenvalue weighted by Gasteiger charge is -2.31. The number of nitrogens with zero attached hydrogens (tertiary/aromatic N) is 5. The van der Waals surface area contributed by atoms with Gasteiger partial charge in [-0.2, -0.15) is 5.10 Å². The Labute approximate surface area is 242 Å². The molecule has 5 aromatic rings. The number of aromatic nitrogens is 5. The monoisotopic (exact) mass is 571 g/mol. The Kier molecular flexibility index (Phi) is 7.58. The molecule has 3 N–H and O–H groups in total. The van der Waals surface area contributed by atoms with Crippen LogP contribution in [0.2, 0.25) is 5.02 Å². The summed E-state index contributed by atoms with van der Waals surface area (Å²) in [6, 6.07) is 18.7. The first kappa shape index (κ1) is 26.8. The van der Waals surface area contributed by atoms with Crippen molar-refractivity contribution < 1.29 is 14.6 Å². The maximum atomic E-state index is 13.2. The van der Waals surface area contributed by atoms with Crippen molar-refractivity contribution in [2.75, 3.05) is 37.0 Å².